The Labute approximate surface area is 123 Å². The highest BCUT2D eigenvalue weighted by Gasteiger charge is 2.37. The molecule has 2 aliphatic rings. The summed E-state index contributed by atoms with van der Waals surface area (Å²) in [5, 5.41) is 8.98. The van der Waals surface area contributed by atoms with Crippen LogP contribution >= 0.6 is 0 Å². The summed E-state index contributed by atoms with van der Waals surface area (Å²) >= 11 is 0. The van der Waals surface area contributed by atoms with Gasteiger partial charge >= 0.3 is 5.97 Å². The fourth-order valence-corrected chi connectivity index (χ4v) is 3.29. The minimum Gasteiger partial charge on any atom is -0.477 e. The van der Waals surface area contributed by atoms with Crippen molar-refractivity contribution in [1.29, 1.82) is 0 Å². The van der Waals surface area contributed by atoms with Gasteiger partial charge in [0.15, 0.2) is 0 Å². The monoisotopic (exact) mass is 289 g/mol. The predicted octanol–water partition coefficient (Wildman–Crippen LogP) is 1.09. The fourth-order valence-electron chi connectivity index (χ4n) is 3.29. The van der Waals surface area contributed by atoms with Crippen LogP contribution in [0.3, 0.4) is 0 Å². The van der Waals surface area contributed by atoms with Gasteiger partial charge < -0.3 is 10.0 Å². The minimum absolute atomic E-state index is 0.0898. The average molecular weight is 289 g/mol. The summed E-state index contributed by atoms with van der Waals surface area (Å²) in [6.45, 7) is 4.74. The van der Waals surface area contributed by atoms with E-state index in [1.54, 1.807) is 12.1 Å². The zero-order valence-electron chi connectivity index (χ0n) is 12.0. The molecule has 1 N–H and O–H groups in total. The third-order valence-electron chi connectivity index (χ3n) is 4.39. The molecule has 1 aromatic heterocycles. The lowest BCUT2D eigenvalue weighted by atomic mass is 10.1. The van der Waals surface area contributed by atoms with Crippen molar-refractivity contribution in [2.45, 2.75) is 31.8 Å². The van der Waals surface area contributed by atoms with Crippen LogP contribution in [0.2, 0.25) is 0 Å². The van der Waals surface area contributed by atoms with Crippen LogP contribution in [0, 0.1) is 0 Å². The second kappa shape index (κ2) is 5.44. The van der Waals surface area contributed by atoms with Gasteiger partial charge in [-0.3, -0.25) is 9.69 Å². The number of hydrogen-bond donors (Lipinski definition) is 1. The van der Waals surface area contributed by atoms with Crippen molar-refractivity contribution >= 4 is 11.9 Å². The maximum Gasteiger partial charge on any atom is 0.354 e. The molecule has 2 saturated heterocycles. The predicted molar refractivity (Wildman–Crippen MR) is 76.3 cm³/mol. The molecule has 0 aromatic carbocycles. The van der Waals surface area contributed by atoms with E-state index >= 15 is 0 Å². The molecule has 0 aliphatic carbocycles. The number of carbonyl (C=O) groups excluding carboxylic acids is 1. The first kappa shape index (κ1) is 14.0. The topological polar surface area (TPSA) is 73.7 Å². The van der Waals surface area contributed by atoms with Crippen LogP contribution in [0.1, 0.15) is 40.7 Å². The zero-order valence-corrected chi connectivity index (χ0v) is 12.0. The molecule has 2 unspecified atom stereocenters. The summed E-state index contributed by atoms with van der Waals surface area (Å²) in [4.78, 5) is 31.8. The minimum atomic E-state index is -1.11. The lowest BCUT2D eigenvalue weighted by molar-refractivity contribution is 0.0390. The number of aromatic nitrogens is 1. The summed E-state index contributed by atoms with van der Waals surface area (Å²) in [5.74, 6) is -1.28. The number of fused-ring (bicyclic) bond motifs is 1. The standard InChI is InChI=1S/C15H19N3O3/c1-10-8-17-7-3-4-11(17)9-18(10)14(19)12-5-2-6-13(16-12)15(20)21/h2,5-6,10-11H,3-4,7-9H2,1H3,(H,20,21). The first-order valence-corrected chi connectivity index (χ1v) is 7.31. The van der Waals surface area contributed by atoms with Gasteiger partial charge in [-0.15, -0.1) is 0 Å². The number of carbonyl (C=O) groups is 2. The molecule has 3 rings (SSSR count). The lowest BCUT2D eigenvalue weighted by Crippen LogP contribution is -2.56. The third kappa shape index (κ3) is 2.63. The number of aromatic carboxylic acids is 1. The molecule has 6 heteroatoms. The second-order valence-electron chi connectivity index (χ2n) is 5.81. The summed E-state index contributed by atoms with van der Waals surface area (Å²) in [7, 11) is 0. The van der Waals surface area contributed by atoms with E-state index in [9.17, 15) is 9.59 Å². The number of pyridine rings is 1. The maximum atomic E-state index is 12.6. The SMILES string of the molecule is CC1CN2CCCC2CN1C(=O)c1cccc(C(=O)O)n1. The Morgan fingerprint density at radius 3 is 2.81 bits per heavy atom. The van der Waals surface area contributed by atoms with Crippen LogP contribution < -0.4 is 0 Å². The zero-order chi connectivity index (χ0) is 15.0. The highest BCUT2D eigenvalue weighted by molar-refractivity contribution is 5.94. The van der Waals surface area contributed by atoms with Crippen molar-refractivity contribution < 1.29 is 14.7 Å². The Balaban J connectivity index is 1.81. The molecule has 3 heterocycles. The molecule has 0 radical (unpaired) electrons. The molecule has 1 aromatic rings. The van der Waals surface area contributed by atoms with E-state index in [4.69, 9.17) is 5.11 Å². The Kier molecular flexibility index (Phi) is 3.63. The Bertz CT molecular complexity index is 575. The van der Waals surface area contributed by atoms with Gasteiger partial charge in [-0.1, -0.05) is 6.07 Å². The largest absolute Gasteiger partial charge is 0.477 e. The molecule has 2 fully saturated rings. The van der Waals surface area contributed by atoms with Gasteiger partial charge in [0.2, 0.25) is 0 Å². The number of carboxylic acids is 1. The van der Waals surface area contributed by atoms with E-state index in [1.165, 1.54) is 12.5 Å². The van der Waals surface area contributed by atoms with Crippen LogP contribution in [0.4, 0.5) is 0 Å². The molecule has 0 saturated carbocycles. The first-order chi connectivity index (χ1) is 10.1. The van der Waals surface area contributed by atoms with Gasteiger partial charge in [0, 0.05) is 25.2 Å². The smallest absolute Gasteiger partial charge is 0.354 e. The molecule has 0 bridgehead atoms. The van der Waals surface area contributed by atoms with Gasteiger partial charge in [0.05, 0.1) is 0 Å². The average Bonchev–Trinajstić information content (AvgIpc) is 2.92. The highest BCUT2D eigenvalue weighted by Crippen LogP contribution is 2.25. The molecule has 1 amide bonds. The number of nitrogens with zero attached hydrogens (tertiary/aromatic N) is 3. The Morgan fingerprint density at radius 1 is 1.29 bits per heavy atom. The molecular weight excluding hydrogens is 270 g/mol. The quantitative estimate of drug-likeness (QED) is 0.882. The van der Waals surface area contributed by atoms with E-state index in [1.807, 2.05) is 11.8 Å². The van der Waals surface area contributed by atoms with Crippen molar-refractivity contribution in [3.63, 3.8) is 0 Å². The fraction of sp³-hybridized carbons (Fsp3) is 0.533. The summed E-state index contributed by atoms with van der Waals surface area (Å²) in [5.41, 5.74) is 0.126. The molecular formula is C15H19N3O3. The van der Waals surface area contributed by atoms with Crippen LogP contribution in [-0.4, -0.2) is 63.5 Å². The maximum absolute atomic E-state index is 12.6. The van der Waals surface area contributed by atoms with Gasteiger partial charge in [-0.25, -0.2) is 9.78 Å². The van der Waals surface area contributed by atoms with E-state index < -0.39 is 5.97 Å². The molecule has 2 aliphatic heterocycles. The van der Waals surface area contributed by atoms with E-state index in [0.29, 0.717) is 12.6 Å². The number of carboxylic acid groups (broad SMARTS) is 1. The number of rotatable bonds is 2. The van der Waals surface area contributed by atoms with Crippen molar-refractivity contribution in [3.05, 3.63) is 29.6 Å². The summed E-state index contributed by atoms with van der Waals surface area (Å²) < 4.78 is 0. The van der Waals surface area contributed by atoms with E-state index in [2.05, 4.69) is 9.88 Å². The number of amides is 1. The number of piperazine rings is 1. The Morgan fingerprint density at radius 2 is 2.05 bits per heavy atom. The molecule has 112 valence electrons. The van der Waals surface area contributed by atoms with E-state index in [-0.39, 0.29) is 23.3 Å². The normalized spacial score (nSPS) is 25.7. The van der Waals surface area contributed by atoms with Gasteiger partial charge in [0.1, 0.15) is 11.4 Å². The van der Waals surface area contributed by atoms with E-state index in [0.717, 1.165) is 19.5 Å². The summed E-state index contributed by atoms with van der Waals surface area (Å²) in [6, 6.07) is 5.12. The third-order valence-corrected chi connectivity index (χ3v) is 4.39. The Hall–Kier alpha value is -1.95. The van der Waals surface area contributed by atoms with Gasteiger partial charge in [0.25, 0.3) is 5.91 Å². The molecule has 2 atom stereocenters. The molecule has 21 heavy (non-hydrogen) atoms. The highest BCUT2D eigenvalue weighted by atomic mass is 16.4. The van der Waals surface area contributed by atoms with Crippen molar-refractivity contribution in [1.82, 2.24) is 14.8 Å². The lowest BCUT2D eigenvalue weighted by Gasteiger charge is -2.42. The summed E-state index contributed by atoms with van der Waals surface area (Å²) in [6.07, 6.45) is 2.31. The van der Waals surface area contributed by atoms with Crippen molar-refractivity contribution in [3.8, 4) is 0 Å². The molecule has 6 nitrogen and oxygen atoms in total. The molecule has 0 spiro atoms. The first-order valence-electron chi connectivity index (χ1n) is 7.31. The number of hydrogen-bond acceptors (Lipinski definition) is 4. The van der Waals surface area contributed by atoms with Crippen molar-refractivity contribution in [2.75, 3.05) is 19.6 Å². The van der Waals surface area contributed by atoms with Crippen LogP contribution in [0.25, 0.3) is 0 Å². The van der Waals surface area contributed by atoms with Crippen LogP contribution in [-0.2, 0) is 0 Å². The van der Waals surface area contributed by atoms with Crippen molar-refractivity contribution in [2.24, 2.45) is 0 Å². The van der Waals surface area contributed by atoms with Gasteiger partial charge in [-0.2, -0.15) is 0 Å². The van der Waals surface area contributed by atoms with Crippen LogP contribution in [0.5, 0.6) is 0 Å². The second-order valence-corrected chi connectivity index (χ2v) is 5.81. The van der Waals surface area contributed by atoms with Crippen LogP contribution in [0.15, 0.2) is 18.2 Å². The van der Waals surface area contributed by atoms with Gasteiger partial charge in [-0.05, 0) is 38.4 Å².